The number of carbonyl (C=O) groups excluding carboxylic acids is 1. The number of ketones is 1. The Morgan fingerprint density at radius 2 is 1.55 bits per heavy atom. The number of primary sulfonamides is 1. The maximum Gasteiger partial charge on any atom is 0.238 e. The van der Waals surface area contributed by atoms with Gasteiger partial charge in [-0.1, -0.05) is 42.0 Å². The Hall–Kier alpha value is -1.98. The van der Waals surface area contributed by atoms with Crippen molar-refractivity contribution in [2.75, 3.05) is 0 Å². The summed E-state index contributed by atoms with van der Waals surface area (Å²) >= 11 is 0. The highest BCUT2D eigenvalue weighted by atomic mass is 32.2. The second-order valence-electron chi connectivity index (χ2n) is 4.65. The fraction of sp³-hybridized carbons (Fsp3) is 0.133. The van der Waals surface area contributed by atoms with Gasteiger partial charge in [0.25, 0.3) is 0 Å². The van der Waals surface area contributed by atoms with Gasteiger partial charge >= 0.3 is 0 Å². The van der Waals surface area contributed by atoms with E-state index in [-0.39, 0.29) is 17.1 Å². The molecular formula is C15H15NO3S. The van der Waals surface area contributed by atoms with E-state index in [1.807, 2.05) is 31.2 Å². The van der Waals surface area contributed by atoms with Crippen molar-refractivity contribution in [2.24, 2.45) is 5.14 Å². The van der Waals surface area contributed by atoms with Crippen LogP contribution in [0.1, 0.15) is 21.5 Å². The molecule has 0 unspecified atom stereocenters. The van der Waals surface area contributed by atoms with E-state index in [1.54, 1.807) is 0 Å². The molecule has 5 heteroatoms. The lowest BCUT2D eigenvalue weighted by atomic mass is 10.0. The van der Waals surface area contributed by atoms with Gasteiger partial charge in [-0.05, 0) is 24.6 Å². The molecule has 2 N–H and O–H groups in total. The first-order valence-electron chi connectivity index (χ1n) is 6.08. The Labute approximate surface area is 118 Å². The summed E-state index contributed by atoms with van der Waals surface area (Å²) in [4.78, 5) is 12.1. The number of carbonyl (C=O) groups is 1. The maximum atomic E-state index is 12.1. The molecule has 0 amide bonds. The number of sulfonamides is 1. The number of hydrogen-bond donors (Lipinski definition) is 1. The molecule has 0 atom stereocenters. The molecule has 0 saturated carbocycles. The lowest BCUT2D eigenvalue weighted by Crippen LogP contribution is -2.12. The number of nitrogens with two attached hydrogens (primary N) is 1. The van der Waals surface area contributed by atoms with Gasteiger partial charge in [-0.3, -0.25) is 4.79 Å². The van der Waals surface area contributed by atoms with Crippen LogP contribution in [0.25, 0.3) is 0 Å². The predicted octanol–water partition coefficient (Wildman–Crippen LogP) is 2.07. The van der Waals surface area contributed by atoms with Gasteiger partial charge in [0.15, 0.2) is 5.78 Å². The number of benzene rings is 2. The molecule has 2 aromatic rings. The van der Waals surface area contributed by atoms with Crippen molar-refractivity contribution in [3.05, 3.63) is 65.2 Å². The van der Waals surface area contributed by atoms with Gasteiger partial charge in [0.05, 0.1) is 4.90 Å². The third-order valence-corrected chi connectivity index (χ3v) is 3.92. The Bertz CT molecular complexity index is 717. The molecule has 0 saturated heterocycles. The smallest absolute Gasteiger partial charge is 0.238 e. The largest absolute Gasteiger partial charge is 0.294 e. The summed E-state index contributed by atoms with van der Waals surface area (Å²) in [5.41, 5.74) is 2.54. The van der Waals surface area contributed by atoms with Gasteiger partial charge in [-0.15, -0.1) is 0 Å². The van der Waals surface area contributed by atoms with E-state index >= 15 is 0 Å². The van der Waals surface area contributed by atoms with Crippen LogP contribution in [0.15, 0.2) is 53.4 Å². The third kappa shape index (κ3) is 3.53. The summed E-state index contributed by atoms with van der Waals surface area (Å²) in [6, 6.07) is 13.4. The fourth-order valence-electron chi connectivity index (χ4n) is 1.82. The first-order chi connectivity index (χ1) is 9.36. The standard InChI is InChI=1S/C15H15NO3S/c1-11-2-4-12(5-3-11)10-15(17)13-6-8-14(9-7-13)20(16,18)19/h2-9H,10H2,1H3,(H2,16,18,19). The molecule has 0 heterocycles. The summed E-state index contributed by atoms with van der Waals surface area (Å²) in [7, 11) is -3.72. The third-order valence-electron chi connectivity index (χ3n) is 2.99. The zero-order chi connectivity index (χ0) is 14.8. The van der Waals surface area contributed by atoms with Gasteiger partial charge in [-0.2, -0.15) is 0 Å². The van der Waals surface area contributed by atoms with Crippen molar-refractivity contribution >= 4 is 15.8 Å². The monoisotopic (exact) mass is 289 g/mol. The second-order valence-corrected chi connectivity index (χ2v) is 6.22. The highest BCUT2D eigenvalue weighted by Crippen LogP contribution is 2.12. The molecule has 2 rings (SSSR count). The molecule has 0 bridgehead atoms. The quantitative estimate of drug-likeness (QED) is 0.875. The van der Waals surface area contributed by atoms with Crippen LogP contribution < -0.4 is 5.14 Å². The van der Waals surface area contributed by atoms with E-state index in [9.17, 15) is 13.2 Å². The summed E-state index contributed by atoms with van der Waals surface area (Å²) in [6.45, 7) is 1.98. The zero-order valence-electron chi connectivity index (χ0n) is 11.0. The summed E-state index contributed by atoms with van der Waals surface area (Å²) in [5, 5.41) is 5.01. The second kappa shape index (κ2) is 5.56. The van der Waals surface area contributed by atoms with Crippen molar-refractivity contribution < 1.29 is 13.2 Å². The minimum absolute atomic E-state index is 0.00406. The van der Waals surface area contributed by atoms with Crippen molar-refractivity contribution in [3.63, 3.8) is 0 Å². The van der Waals surface area contributed by atoms with Crippen LogP contribution in [0.2, 0.25) is 0 Å². The Balaban J connectivity index is 2.15. The van der Waals surface area contributed by atoms with Gasteiger partial charge < -0.3 is 0 Å². The Morgan fingerprint density at radius 3 is 2.05 bits per heavy atom. The topological polar surface area (TPSA) is 77.2 Å². The number of aryl methyl sites for hydroxylation is 1. The van der Waals surface area contributed by atoms with Gasteiger partial charge in [0.1, 0.15) is 0 Å². The summed E-state index contributed by atoms with van der Waals surface area (Å²) in [6.07, 6.45) is 0.287. The van der Waals surface area contributed by atoms with Gasteiger partial charge in [0, 0.05) is 12.0 Å². The van der Waals surface area contributed by atoms with E-state index < -0.39 is 10.0 Å². The molecule has 2 aromatic carbocycles. The predicted molar refractivity (Wildman–Crippen MR) is 77.0 cm³/mol. The van der Waals surface area contributed by atoms with Crippen molar-refractivity contribution in [3.8, 4) is 0 Å². The van der Waals surface area contributed by atoms with Crippen LogP contribution in [0.3, 0.4) is 0 Å². The van der Waals surface area contributed by atoms with E-state index in [0.717, 1.165) is 11.1 Å². The summed E-state index contributed by atoms with van der Waals surface area (Å²) < 4.78 is 22.3. The van der Waals surface area contributed by atoms with Gasteiger partial charge in [0.2, 0.25) is 10.0 Å². The van der Waals surface area contributed by atoms with Crippen LogP contribution in [-0.4, -0.2) is 14.2 Å². The van der Waals surface area contributed by atoms with E-state index in [4.69, 9.17) is 5.14 Å². The normalized spacial score (nSPS) is 11.3. The molecule has 0 aliphatic heterocycles. The van der Waals surface area contributed by atoms with E-state index in [1.165, 1.54) is 24.3 Å². The molecular weight excluding hydrogens is 274 g/mol. The minimum Gasteiger partial charge on any atom is -0.294 e. The van der Waals surface area contributed by atoms with Crippen LogP contribution in [0.5, 0.6) is 0 Å². The molecule has 0 aromatic heterocycles. The SMILES string of the molecule is Cc1ccc(CC(=O)c2ccc(S(N)(=O)=O)cc2)cc1. The molecule has 0 aliphatic rings. The highest BCUT2D eigenvalue weighted by Gasteiger charge is 2.10. The van der Waals surface area contributed by atoms with Crippen LogP contribution >= 0.6 is 0 Å². The Kier molecular flexibility index (Phi) is 4.01. The maximum absolute atomic E-state index is 12.1. The van der Waals surface area contributed by atoms with Crippen LogP contribution in [0, 0.1) is 6.92 Å². The average Bonchev–Trinajstić information content (AvgIpc) is 2.40. The molecule has 0 fully saturated rings. The number of Topliss-reactive ketones (excluding diaryl/α,β-unsaturated/α-hetero) is 1. The Morgan fingerprint density at radius 1 is 1.00 bits per heavy atom. The average molecular weight is 289 g/mol. The first-order valence-corrected chi connectivity index (χ1v) is 7.62. The first kappa shape index (κ1) is 14.4. The molecule has 0 radical (unpaired) electrons. The van der Waals surface area contributed by atoms with E-state index in [2.05, 4.69) is 0 Å². The highest BCUT2D eigenvalue weighted by molar-refractivity contribution is 7.89. The van der Waals surface area contributed by atoms with Crippen molar-refractivity contribution in [1.82, 2.24) is 0 Å². The molecule has 20 heavy (non-hydrogen) atoms. The molecule has 104 valence electrons. The lowest BCUT2D eigenvalue weighted by molar-refractivity contribution is 0.0993. The van der Waals surface area contributed by atoms with E-state index in [0.29, 0.717) is 5.56 Å². The molecule has 4 nitrogen and oxygen atoms in total. The molecule has 0 aliphatic carbocycles. The number of rotatable bonds is 4. The fourth-order valence-corrected chi connectivity index (χ4v) is 2.34. The summed E-state index contributed by atoms with van der Waals surface area (Å²) in [5.74, 6) is -0.0603. The van der Waals surface area contributed by atoms with Crippen LogP contribution in [0.4, 0.5) is 0 Å². The zero-order valence-corrected chi connectivity index (χ0v) is 11.9. The molecule has 0 spiro atoms. The lowest BCUT2D eigenvalue weighted by Gasteiger charge is -2.03. The van der Waals surface area contributed by atoms with Crippen molar-refractivity contribution in [2.45, 2.75) is 18.2 Å². The van der Waals surface area contributed by atoms with Gasteiger partial charge in [-0.25, -0.2) is 13.6 Å². The van der Waals surface area contributed by atoms with Crippen LogP contribution in [-0.2, 0) is 16.4 Å². The minimum atomic E-state index is -3.72. The number of hydrogen-bond acceptors (Lipinski definition) is 3. The van der Waals surface area contributed by atoms with Crippen molar-refractivity contribution in [1.29, 1.82) is 0 Å².